The number of ether oxygens (including phenoxy) is 4. The fourth-order valence-corrected chi connectivity index (χ4v) is 6.77. The second-order valence-corrected chi connectivity index (χ2v) is 12.0. The lowest BCUT2D eigenvalue weighted by atomic mass is 9.83. The topological polar surface area (TPSA) is 104 Å². The number of thiophene rings is 1. The van der Waals surface area contributed by atoms with E-state index in [9.17, 15) is 10.1 Å². The first-order valence-electron chi connectivity index (χ1n) is 13.1. The smallest absolute Gasteiger partial charge is 0.355 e. The highest BCUT2D eigenvalue weighted by atomic mass is 35.5. The number of hydrogen-bond acceptors (Lipinski definition) is 8. The Morgan fingerprint density at radius 3 is 2.61 bits per heavy atom. The second kappa shape index (κ2) is 12.3. The summed E-state index contributed by atoms with van der Waals surface area (Å²) in [6.45, 7) is 0.244. The number of rotatable bonds is 7. The van der Waals surface area contributed by atoms with Crippen LogP contribution in [0.4, 0.5) is 0 Å². The molecule has 0 amide bonds. The number of carbonyl (C=O) groups is 1. The Morgan fingerprint density at radius 1 is 1.02 bits per heavy atom. The van der Waals surface area contributed by atoms with E-state index in [0.29, 0.717) is 43.3 Å². The van der Waals surface area contributed by atoms with Crippen molar-refractivity contribution in [1.29, 1.82) is 5.26 Å². The molecule has 44 heavy (non-hydrogen) atoms. The molecule has 2 heterocycles. The van der Waals surface area contributed by atoms with Crippen LogP contribution in [0, 0.1) is 11.3 Å². The largest absolute Gasteiger partial charge is 0.493 e. The molecule has 1 unspecified atom stereocenters. The van der Waals surface area contributed by atoms with Crippen LogP contribution in [0.2, 0.25) is 15.1 Å². The van der Waals surface area contributed by atoms with Crippen LogP contribution >= 0.6 is 46.1 Å². The van der Waals surface area contributed by atoms with Gasteiger partial charge in [0.25, 0.3) is 0 Å². The molecule has 11 heteroatoms. The fourth-order valence-electron chi connectivity index (χ4n) is 4.92. The molecule has 0 aliphatic carbocycles. The SMILES string of the molecule is COc1cc(C2C(C#N)=C(N)Oc3cc(OC(=O)c4sc5cc(Cl)ccc5c4Cl)ccc32)ccc1OCc1ccccc1Cl. The van der Waals surface area contributed by atoms with Crippen LogP contribution in [0.15, 0.2) is 90.3 Å². The summed E-state index contributed by atoms with van der Waals surface area (Å²) in [5.41, 5.74) is 8.63. The Kier molecular flexibility index (Phi) is 8.30. The van der Waals surface area contributed by atoms with E-state index >= 15 is 0 Å². The first-order chi connectivity index (χ1) is 21.3. The molecule has 5 aromatic rings. The number of hydrogen-bond donors (Lipinski definition) is 1. The number of halogens is 3. The van der Waals surface area contributed by atoms with Gasteiger partial charge in [0.1, 0.15) is 34.6 Å². The van der Waals surface area contributed by atoms with Gasteiger partial charge in [0.2, 0.25) is 5.88 Å². The number of nitriles is 1. The molecule has 1 atom stereocenters. The summed E-state index contributed by atoms with van der Waals surface area (Å²) in [7, 11) is 1.53. The minimum absolute atomic E-state index is 0.0593. The summed E-state index contributed by atoms with van der Waals surface area (Å²) in [4.78, 5) is 13.3. The molecule has 0 radical (unpaired) electrons. The van der Waals surface area contributed by atoms with Gasteiger partial charge in [0.05, 0.1) is 18.1 Å². The minimum atomic E-state index is -0.627. The third-order valence-electron chi connectivity index (χ3n) is 7.04. The Bertz CT molecular complexity index is 2020. The normalized spacial score (nSPS) is 14.0. The second-order valence-electron chi connectivity index (χ2n) is 9.69. The Morgan fingerprint density at radius 2 is 1.84 bits per heavy atom. The molecule has 1 aliphatic rings. The van der Waals surface area contributed by atoms with Crippen molar-refractivity contribution in [3.8, 4) is 29.1 Å². The summed E-state index contributed by atoms with van der Waals surface area (Å²) in [6, 6.07) is 25.1. The summed E-state index contributed by atoms with van der Waals surface area (Å²) in [5, 5.41) is 12.2. The Balaban J connectivity index is 1.29. The maximum atomic E-state index is 13.1. The number of nitrogens with two attached hydrogens (primary N) is 1. The molecule has 1 aromatic heterocycles. The standard InChI is InChI=1S/C33H21Cl3N2O5S/c1-40-27-12-17(6-11-25(27)41-16-18-4-2-3-5-24(18)35)29-21-10-8-20(14-26(21)43-32(38)23(29)15-37)42-33(39)31-30(36)22-9-7-19(34)13-28(22)44-31/h2-14,29H,16,38H2,1H3. The van der Waals surface area contributed by atoms with Gasteiger partial charge in [-0.15, -0.1) is 11.3 Å². The van der Waals surface area contributed by atoms with Crippen LogP contribution in [0.3, 0.4) is 0 Å². The van der Waals surface area contributed by atoms with Crippen LogP contribution < -0.4 is 24.7 Å². The Hall–Kier alpha value is -4.39. The van der Waals surface area contributed by atoms with E-state index in [1.165, 1.54) is 18.4 Å². The van der Waals surface area contributed by atoms with Gasteiger partial charge in [-0.2, -0.15) is 5.26 Å². The van der Waals surface area contributed by atoms with E-state index in [1.54, 1.807) is 54.6 Å². The molecular formula is C33H21Cl3N2O5S. The number of fused-ring (bicyclic) bond motifs is 2. The monoisotopic (exact) mass is 662 g/mol. The molecule has 0 saturated heterocycles. The van der Waals surface area contributed by atoms with Crippen LogP contribution in [0.25, 0.3) is 10.1 Å². The van der Waals surface area contributed by atoms with Gasteiger partial charge < -0.3 is 24.7 Å². The zero-order valence-electron chi connectivity index (χ0n) is 22.9. The lowest BCUT2D eigenvalue weighted by Gasteiger charge is -2.27. The molecule has 0 fully saturated rings. The minimum Gasteiger partial charge on any atom is -0.493 e. The van der Waals surface area contributed by atoms with Gasteiger partial charge >= 0.3 is 5.97 Å². The number of allylic oxidation sites excluding steroid dienone is 1. The highest BCUT2D eigenvalue weighted by Gasteiger charge is 2.32. The quantitative estimate of drug-likeness (QED) is 0.137. The summed E-state index contributed by atoms with van der Waals surface area (Å²) >= 11 is 20.0. The summed E-state index contributed by atoms with van der Waals surface area (Å²) in [5.74, 6) is 0.252. The van der Waals surface area contributed by atoms with Crippen molar-refractivity contribution in [1.82, 2.24) is 0 Å². The number of benzene rings is 4. The van der Waals surface area contributed by atoms with E-state index < -0.39 is 11.9 Å². The molecule has 2 N–H and O–H groups in total. The molecule has 220 valence electrons. The number of nitrogens with zero attached hydrogens (tertiary/aromatic N) is 1. The molecule has 7 nitrogen and oxygen atoms in total. The maximum Gasteiger partial charge on any atom is 0.355 e. The average molecular weight is 664 g/mol. The van der Waals surface area contributed by atoms with E-state index in [-0.39, 0.29) is 28.7 Å². The van der Waals surface area contributed by atoms with Gasteiger partial charge in [0.15, 0.2) is 11.5 Å². The van der Waals surface area contributed by atoms with Gasteiger partial charge in [-0.25, -0.2) is 4.79 Å². The molecule has 4 aromatic carbocycles. The van der Waals surface area contributed by atoms with Crippen molar-refractivity contribution >= 4 is 62.2 Å². The maximum absolute atomic E-state index is 13.1. The van der Waals surface area contributed by atoms with Crippen LogP contribution in [0.5, 0.6) is 23.0 Å². The third kappa shape index (κ3) is 5.63. The van der Waals surface area contributed by atoms with Gasteiger partial charge in [-0.3, -0.25) is 0 Å². The van der Waals surface area contributed by atoms with Gasteiger partial charge in [0, 0.05) is 37.3 Å². The van der Waals surface area contributed by atoms with Gasteiger partial charge in [-0.1, -0.05) is 71.2 Å². The highest BCUT2D eigenvalue weighted by Crippen LogP contribution is 2.45. The zero-order valence-corrected chi connectivity index (χ0v) is 26.0. The average Bonchev–Trinajstić information content (AvgIpc) is 3.35. The lowest BCUT2D eigenvalue weighted by molar-refractivity contribution is 0.0740. The van der Waals surface area contributed by atoms with Crippen molar-refractivity contribution in [2.75, 3.05) is 7.11 Å². The molecule has 1 aliphatic heterocycles. The molecule has 0 saturated carbocycles. The predicted molar refractivity (Wildman–Crippen MR) is 171 cm³/mol. The van der Waals surface area contributed by atoms with Crippen molar-refractivity contribution < 1.29 is 23.7 Å². The predicted octanol–water partition coefficient (Wildman–Crippen LogP) is 8.89. The summed E-state index contributed by atoms with van der Waals surface area (Å²) in [6.07, 6.45) is 0. The molecule has 0 bridgehead atoms. The van der Waals surface area contributed by atoms with E-state index in [0.717, 1.165) is 15.8 Å². The van der Waals surface area contributed by atoms with Crippen molar-refractivity contribution in [3.63, 3.8) is 0 Å². The third-order valence-corrected chi connectivity index (χ3v) is 9.28. The van der Waals surface area contributed by atoms with Crippen molar-refractivity contribution in [2.24, 2.45) is 5.73 Å². The first kappa shape index (κ1) is 29.7. The number of esters is 1. The van der Waals surface area contributed by atoms with Crippen LogP contribution in [-0.4, -0.2) is 13.1 Å². The number of carbonyl (C=O) groups excluding carboxylic acids is 1. The molecule has 0 spiro atoms. The van der Waals surface area contributed by atoms with Crippen molar-refractivity contribution in [2.45, 2.75) is 12.5 Å². The molecule has 6 rings (SSSR count). The molecular weight excluding hydrogens is 643 g/mol. The van der Waals surface area contributed by atoms with E-state index in [4.69, 9.17) is 59.5 Å². The van der Waals surface area contributed by atoms with Crippen molar-refractivity contribution in [3.05, 3.63) is 127 Å². The van der Waals surface area contributed by atoms with Crippen LogP contribution in [0.1, 0.15) is 32.3 Å². The number of methoxy groups -OCH3 is 1. The first-order valence-corrected chi connectivity index (χ1v) is 15.1. The fraction of sp³-hybridized carbons (Fsp3) is 0.0909. The highest BCUT2D eigenvalue weighted by molar-refractivity contribution is 7.21. The summed E-state index contributed by atoms with van der Waals surface area (Å²) < 4.78 is 23.9. The zero-order chi connectivity index (χ0) is 31.0. The van der Waals surface area contributed by atoms with Crippen LogP contribution in [-0.2, 0) is 6.61 Å². The lowest BCUT2D eigenvalue weighted by Crippen LogP contribution is -2.21. The van der Waals surface area contributed by atoms with Gasteiger partial charge in [-0.05, 0) is 42.0 Å². The van der Waals surface area contributed by atoms with E-state index in [2.05, 4.69) is 6.07 Å². The Labute approximate surface area is 271 Å². The van der Waals surface area contributed by atoms with E-state index in [1.807, 2.05) is 24.3 Å².